The van der Waals surface area contributed by atoms with Crippen LogP contribution in [-0.2, 0) is 9.53 Å². The van der Waals surface area contributed by atoms with E-state index in [0.29, 0.717) is 0 Å². The molecular weight excluding hydrogens is 213 g/mol. The molecule has 0 rings (SSSR count). The van der Waals surface area contributed by atoms with Crippen LogP contribution >= 0.6 is 0 Å². The largest absolute Gasteiger partial charge is 0.464 e. The second kappa shape index (κ2) is 5.32. The van der Waals surface area contributed by atoms with E-state index in [0.717, 1.165) is 0 Å². The molecule has 0 fully saturated rings. The zero-order valence-corrected chi connectivity index (χ0v) is 8.43. The minimum Gasteiger partial charge on any atom is -0.464 e. The summed E-state index contributed by atoms with van der Waals surface area (Å²) in [6, 6.07) is 0. The summed E-state index contributed by atoms with van der Waals surface area (Å²) in [4.78, 5) is 11.1. The fourth-order valence-electron chi connectivity index (χ4n) is 1.00. The first-order valence-corrected chi connectivity index (χ1v) is 4.52. The van der Waals surface area contributed by atoms with Crippen LogP contribution < -0.4 is 11.5 Å². The molecule has 1 unspecified atom stereocenters. The summed E-state index contributed by atoms with van der Waals surface area (Å²) in [5.41, 5.74) is 7.17. The molecule has 0 aromatic heterocycles. The monoisotopic (exact) mass is 228 g/mol. The first-order chi connectivity index (χ1) is 6.79. The lowest BCUT2D eigenvalue weighted by Gasteiger charge is -2.29. The van der Waals surface area contributed by atoms with E-state index in [-0.39, 0.29) is 19.6 Å². The number of ether oxygens (including phenoxy) is 1. The Kier molecular flexibility index (Phi) is 5.02. The molecule has 0 saturated carbocycles. The third-order valence-corrected chi connectivity index (χ3v) is 1.92. The smallest absolute Gasteiger partial charge is 0.417 e. The molecule has 0 spiro atoms. The van der Waals surface area contributed by atoms with Crippen molar-refractivity contribution in [1.29, 1.82) is 0 Å². The second-order valence-electron chi connectivity index (χ2n) is 3.08. The Morgan fingerprint density at radius 3 is 2.27 bits per heavy atom. The highest BCUT2D eigenvalue weighted by Crippen LogP contribution is 2.32. The van der Waals surface area contributed by atoms with E-state index in [1.54, 1.807) is 0 Å². The van der Waals surface area contributed by atoms with Gasteiger partial charge in [0.15, 0.2) is 0 Å². The summed E-state index contributed by atoms with van der Waals surface area (Å²) in [5.74, 6) is -1.45. The van der Waals surface area contributed by atoms with E-state index < -0.39 is 24.1 Å². The molecule has 0 aliphatic heterocycles. The molecule has 0 aliphatic rings. The molecule has 4 N–H and O–H groups in total. The molecule has 0 saturated heterocycles. The van der Waals surface area contributed by atoms with Gasteiger partial charge in [-0.1, -0.05) is 0 Å². The number of rotatable bonds is 5. The number of alkyl halides is 3. The molecule has 0 amide bonds. The van der Waals surface area contributed by atoms with Gasteiger partial charge in [-0.3, -0.25) is 0 Å². The summed E-state index contributed by atoms with van der Waals surface area (Å²) in [5, 5.41) is 0. The Morgan fingerprint density at radius 1 is 1.40 bits per heavy atom. The lowest BCUT2D eigenvalue weighted by Crippen LogP contribution is -2.60. The van der Waals surface area contributed by atoms with Crippen molar-refractivity contribution in [3.05, 3.63) is 0 Å². The van der Waals surface area contributed by atoms with Gasteiger partial charge in [-0.25, -0.2) is 4.79 Å². The highest BCUT2D eigenvalue weighted by Gasteiger charge is 2.58. The van der Waals surface area contributed by atoms with Crippen molar-refractivity contribution in [2.75, 3.05) is 13.2 Å². The van der Waals surface area contributed by atoms with E-state index in [1.807, 2.05) is 0 Å². The van der Waals surface area contributed by atoms with Crippen LogP contribution in [0, 0.1) is 0 Å². The SMILES string of the molecule is CCOC(=O)C(N)(CCCN)C(F)(F)F. The van der Waals surface area contributed by atoms with Crippen molar-refractivity contribution >= 4 is 5.97 Å². The average molecular weight is 228 g/mol. The summed E-state index contributed by atoms with van der Waals surface area (Å²) < 4.78 is 41.9. The topological polar surface area (TPSA) is 78.3 Å². The van der Waals surface area contributed by atoms with Gasteiger partial charge < -0.3 is 16.2 Å². The molecule has 7 heteroatoms. The van der Waals surface area contributed by atoms with E-state index in [1.165, 1.54) is 6.92 Å². The van der Waals surface area contributed by atoms with E-state index in [2.05, 4.69) is 4.74 Å². The van der Waals surface area contributed by atoms with Crippen molar-refractivity contribution in [3.8, 4) is 0 Å². The number of esters is 1. The van der Waals surface area contributed by atoms with Gasteiger partial charge in [-0.15, -0.1) is 0 Å². The molecule has 15 heavy (non-hydrogen) atoms. The summed E-state index contributed by atoms with van der Waals surface area (Å²) >= 11 is 0. The molecule has 0 aromatic rings. The van der Waals surface area contributed by atoms with Gasteiger partial charge in [0.05, 0.1) is 6.61 Å². The van der Waals surface area contributed by atoms with Crippen molar-refractivity contribution in [2.24, 2.45) is 11.5 Å². The van der Waals surface area contributed by atoms with Crippen LogP contribution in [0.1, 0.15) is 19.8 Å². The third-order valence-electron chi connectivity index (χ3n) is 1.92. The number of carbonyl (C=O) groups excluding carboxylic acids is 1. The maximum atomic E-state index is 12.5. The van der Waals surface area contributed by atoms with Crippen molar-refractivity contribution < 1.29 is 22.7 Å². The number of nitrogens with two attached hydrogens (primary N) is 2. The second-order valence-corrected chi connectivity index (χ2v) is 3.08. The van der Waals surface area contributed by atoms with Gasteiger partial charge >= 0.3 is 12.1 Å². The molecule has 0 aliphatic carbocycles. The fourth-order valence-corrected chi connectivity index (χ4v) is 1.00. The Hall–Kier alpha value is -0.820. The lowest BCUT2D eigenvalue weighted by molar-refractivity contribution is -0.207. The zero-order chi connectivity index (χ0) is 12.1. The van der Waals surface area contributed by atoms with Crippen LogP contribution in [0.25, 0.3) is 0 Å². The van der Waals surface area contributed by atoms with Crippen molar-refractivity contribution in [3.63, 3.8) is 0 Å². The molecule has 1 atom stereocenters. The molecule has 0 radical (unpaired) electrons. The van der Waals surface area contributed by atoms with E-state index in [4.69, 9.17) is 11.5 Å². The Labute approximate surface area is 85.7 Å². The number of hydrogen-bond acceptors (Lipinski definition) is 4. The van der Waals surface area contributed by atoms with Gasteiger partial charge in [-0.05, 0) is 26.3 Å². The predicted molar refractivity (Wildman–Crippen MR) is 47.9 cm³/mol. The van der Waals surface area contributed by atoms with Gasteiger partial charge in [0.1, 0.15) is 0 Å². The number of halogens is 3. The minimum absolute atomic E-state index is 0.00875. The highest BCUT2D eigenvalue weighted by atomic mass is 19.4. The Bertz CT molecular complexity index is 220. The van der Waals surface area contributed by atoms with Crippen LogP contribution in [0.3, 0.4) is 0 Å². The van der Waals surface area contributed by atoms with Gasteiger partial charge in [0.2, 0.25) is 5.54 Å². The molecule has 0 aromatic carbocycles. The highest BCUT2D eigenvalue weighted by molar-refractivity contribution is 5.81. The third kappa shape index (κ3) is 3.35. The van der Waals surface area contributed by atoms with Crippen molar-refractivity contribution in [1.82, 2.24) is 0 Å². The Morgan fingerprint density at radius 2 is 1.93 bits per heavy atom. The lowest BCUT2D eigenvalue weighted by atomic mass is 9.94. The van der Waals surface area contributed by atoms with Crippen LogP contribution in [0.4, 0.5) is 13.2 Å². The van der Waals surface area contributed by atoms with Crippen LogP contribution in [0.5, 0.6) is 0 Å². The predicted octanol–water partition coefficient (Wildman–Crippen LogP) is 0.548. The van der Waals surface area contributed by atoms with E-state index in [9.17, 15) is 18.0 Å². The fraction of sp³-hybridized carbons (Fsp3) is 0.875. The van der Waals surface area contributed by atoms with Gasteiger partial charge in [0, 0.05) is 0 Å². The number of hydrogen-bond donors (Lipinski definition) is 2. The standard InChI is InChI=1S/C8H15F3N2O2/c1-2-15-6(14)7(13,4-3-5-12)8(9,10)11/h2-5,12-13H2,1H3. The minimum atomic E-state index is -4.82. The van der Waals surface area contributed by atoms with E-state index >= 15 is 0 Å². The summed E-state index contributed by atoms with van der Waals surface area (Å²) in [6.45, 7) is 1.31. The summed E-state index contributed by atoms with van der Waals surface area (Å²) in [7, 11) is 0. The quantitative estimate of drug-likeness (QED) is 0.673. The maximum absolute atomic E-state index is 12.5. The average Bonchev–Trinajstić information content (AvgIpc) is 2.12. The first kappa shape index (κ1) is 14.2. The zero-order valence-electron chi connectivity index (χ0n) is 8.43. The Balaban J connectivity index is 4.77. The molecule has 0 bridgehead atoms. The van der Waals surface area contributed by atoms with Crippen LogP contribution in [0.2, 0.25) is 0 Å². The molecule has 90 valence electrons. The first-order valence-electron chi connectivity index (χ1n) is 4.52. The van der Waals surface area contributed by atoms with Crippen LogP contribution in [0.15, 0.2) is 0 Å². The molecule has 0 heterocycles. The molecule has 4 nitrogen and oxygen atoms in total. The maximum Gasteiger partial charge on any atom is 0.417 e. The molecular formula is C8H15F3N2O2. The van der Waals surface area contributed by atoms with Crippen molar-refractivity contribution in [2.45, 2.75) is 31.5 Å². The normalized spacial score (nSPS) is 15.9. The van der Waals surface area contributed by atoms with Gasteiger partial charge in [0.25, 0.3) is 0 Å². The van der Waals surface area contributed by atoms with Crippen LogP contribution in [-0.4, -0.2) is 30.8 Å². The van der Waals surface area contributed by atoms with Gasteiger partial charge in [-0.2, -0.15) is 13.2 Å². The summed E-state index contributed by atoms with van der Waals surface area (Å²) in [6.07, 6.45) is -5.38. The number of carbonyl (C=O) groups is 1.